The van der Waals surface area contributed by atoms with Crippen LogP contribution in [-0.2, 0) is 0 Å². The summed E-state index contributed by atoms with van der Waals surface area (Å²) in [6.45, 7) is 1.17. The first kappa shape index (κ1) is 10.7. The summed E-state index contributed by atoms with van der Waals surface area (Å²) in [4.78, 5) is 0. The van der Waals surface area contributed by atoms with Crippen molar-refractivity contribution in [1.29, 1.82) is 0 Å². The maximum Gasteiger partial charge on any atom is 0.180 e. The normalized spacial score (nSPS) is 9.21. The number of ether oxygens (including phenoxy) is 1. The average Bonchev–Trinajstić information content (AvgIpc) is 2.25. The molecule has 76 valence electrons. The van der Waals surface area contributed by atoms with E-state index in [0.29, 0.717) is 18.3 Å². The predicted molar refractivity (Wildman–Crippen MR) is 59.9 cm³/mol. The van der Waals surface area contributed by atoms with Gasteiger partial charge in [0.15, 0.2) is 5.11 Å². The Labute approximate surface area is 88.4 Å². The van der Waals surface area contributed by atoms with Crippen LogP contribution < -0.4 is 21.3 Å². The summed E-state index contributed by atoms with van der Waals surface area (Å²) in [5, 5.41) is 3.29. The number of hydrogen-bond acceptors (Lipinski definition) is 3. The van der Waals surface area contributed by atoms with Gasteiger partial charge in [-0.2, -0.15) is 0 Å². The molecule has 1 aromatic rings. The Morgan fingerprint density at radius 1 is 1.36 bits per heavy atom. The van der Waals surface area contributed by atoms with Crippen molar-refractivity contribution >= 4 is 17.3 Å². The van der Waals surface area contributed by atoms with Crippen LogP contribution in [0.3, 0.4) is 0 Å². The third kappa shape index (κ3) is 4.06. The number of hydrogen-bond donors (Lipinski definition) is 3. The Kier molecular flexibility index (Phi) is 4.74. The van der Waals surface area contributed by atoms with Gasteiger partial charge in [0.05, 0.1) is 6.54 Å². The van der Waals surface area contributed by atoms with E-state index in [4.69, 9.17) is 22.8 Å². The highest BCUT2D eigenvalue weighted by molar-refractivity contribution is 7.80. The van der Waals surface area contributed by atoms with Gasteiger partial charge in [0.1, 0.15) is 12.4 Å². The number of thiocarbonyl (C=S) groups is 1. The fraction of sp³-hybridized carbons (Fsp3) is 0.222. The van der Waals surface area contributed by atoms with E-state index >= 15 is 0 Å². The lowest BCUT2D eigenvalue weighted by Gasteiger charge is -2.08. The molecular weight excluding hydrogens is 198 g/mol. The lowest BCUT2D eigenvalue weighted by atomic mass is 10.3. The summed E-state index contributed by atoms with van der Waals surface area (Å²) in [7, 11) is 0. The Bertz CT molecular complexity index is 279. The fourth-order valence-electron chi connectivity index (χ4n) is 0.901. The molecule has 0 heterocycles. The lowest BCUT2D eigenvalue weighted by Crippen LogP contribution is -2.41. The molecule has 0 amide bonds. The van der Waals surface area contributed by atoms with Crippen LogP contribution in [0.4, 0.5) is 0 Å². The topological polar surface area (TPSA) is 59.3 Å². The van der Waals surface area contributed by atoms with E-state index in [0.717, 1.165) is 5.75 Å². The lowest BCUT2D eigenvalue weighted by molar-refractivity contribution is 0.322. The van der Waals surface area contributed by atoms with Crippen LogP contribution in [0.15, 0.2) is 30.3 Å². The predicted octanol–water partition coefficient (Wildman–Crippen LogP) is 0.403. The molecule has 0 saturated heterocycles. The molecule has 0 aliphatic carbocycles. The molecular formula is C9H13N3OS. The van der Waals surface area contributed by atoms with Crippen LogP contribution in [0.25, 0.3) is 0 Å². The minimum Gasteiger partial charge on any atom is -0.492 e. The van der Waals surface area contributed by atoms with Crippen molar-refractivity contribution in [3.8, 4) is 5.75 Å². The van der Waals surface area contributed by atoms with Crippen LogP contribution in [0, 0.1) is 0 Å². The van der Waals surface area contributed by atoms with Gasteiger partial charge in [-0.15, -0.1) is 0 Å². The standard InChI is InChI=1S/C9H13N3OS/c10-12-9(14)11-6-7-13-8-4-2-1-3-5-8/h1-5H,6-7,10H2,(H2,11,12,14). The minimum absolute atomic E-state index is 0.418. The third-order valence-corrected chi connectivity index (χ3v) is 1.79. The summed E-state index contributed by atoms with van der Waals surface area (Å²) >= 11 is 4.78. The van der Waals surface area contributed by atoms with Gasteiger partial charge in [0.25, 0.3) is 0 Å². The van der Waals surface area contributed by atoms with Gasteiger partial charge < -0.3 is 15.5 Å². The Morgan fingerprint density at radius 3 is 2.71 bits per heavy atom. The molecule has 4 nitrogen and oxygen atoms in total. The van der Waals surface area contributed by atoms with Gasteiger partial charge >= 0.3 is 0 Å². The molecule has 0 atom stereocenters. The number of benzene rings is 1. The van der Waals surface area contributed by atoms with Crippen molar-refractivity contribution < 1.29 is 4.74 Å². The SMILES string of the molecule is NNC(=S)NCCOc1ccccc1. The monoisotopic (exact) mass is 211 g/mol. The van der Waals surface area contributed by atoms with E-state index in [-0.39, 0.29) is 0 Å². The minimum atomic E-state index is 0.418. The molecule has 0 fully saturated rings. The van der Waals surface area contributed by atoms with Crippen LogP contribution in [0.2, 0.25) is 0 Å². The van der Waals surface area contributed by atoms with E-state index in [1.165, 1.54) is 0 Å². The Hall–Kier alpha value is -1.33. The van der Waals surface area contributed by atoms with Crippen molar-refractivity contribution in [2.45, 2.75) is 0 Å². The van der Waals surface area contributed by atoms with Crippen molar-refractivity contribution in [1.82, 2.24) is 10.7 Å². The molecule has 5 heteroatoms. The first-order valence-corrected chi connectivity index (χ1v) is 4.66. The molecule has 0 aromatic heterocycles. The summed E-state index contributed by atoms with van der Waals surface area (Å²) in [6.07, 6.45) is 0. The molecule has 0 aliphatic heterocycles. The zero-order valence-electron chi connectivity index (χ0n) is 7.69. The quantitative estimate of drug-likeness (QED) is 0.291. The van der Waals surface area contributed by atoms with Crippen LogP contribution in [0.1, 0.15) is 0 Å². The van der Waals surface area contributed by atoms with Crippen molar-refractivity contribution in [3.63, 3.8) is 0 Å². The van der Waals surface area contributed by atoms with Gasteiger partial charge in [-0.25, -0.2) is 5.84 Å². The highest BCUT2D eigenvalue weighted by Gasteiger charge is 1.92. The molecule has 0 aliphatic rings. The summed E-state index contributed by atoms with van der Waals surface area (Å²) in [5.41, 5.74) is 2.33. The number of hydrazine groups is 1. The van der Waals surface area contributed by atoms with Gasteiger partial charge in [0, 0.05) is 0 Å². The van der Waals surface area contributed by atoms with Gasteiger partial charge in [-0.05, 0) is 24.4 Å². The molecule has 14 heavy (non-hydrogen) atoms. The molecule has 0 bridgehead atoms. The molecule has 1 aromatic carbocycles. The Morgan fingerprint density at radius 2 is 2.07 bits per heavy atom. The van der Waals surface area contributed by atoms with Crippen molar-refractivity contribution in [2.75, 3.05) is 13.2 Å². The first-order chi connectivity index (χ1) is 6.83. The molecule has 0 radical (unpaired) electrons. The molecule has 4 N–H and O–H groups in total. The number of rotatable bonds is 4. The summed E-state index contributed by atoms with van der Waals surface area (Å²) in [6, 6.07) is 9.60. The molecule has 0 spiro atoms. The average molecular weight is 211 g/mol. The zero-order valence-corrected chi connectivity index (χ0v) is 8.51. The molecule has 0 saturated carbocycles. The van der Waals surface area contributed by atoms with Crippen LogP contribution >= 0.6 is 12.2 Å². The Balaban J connectivity index is 2.13. The zero-order chi connectivity index (χ0) is 10.2. The highest BCUT2D eigenvalue weighted by atomic mass is 32.1. The largest absolute Gasteiger partial charge is 0.492 e. The second kappa shape index (κ2) is 6.17. The smallest absolute Gasteiger partial charge is 0.180 e. The van der Waals surface area contributed by atoms with Crippen LogP contribution in [0.5, 0.6) is 5.75 Å². The second-order valence-electron chi connectivity index (χ2n) is 2.56. The summed E-state index contributed by atoms with van der Waals surface area (Å²) < 4.78 is 5.41. The molecule has 0 unspecified atom stereocenters. The van der Waals surface area contributed by atoms with Crippen LogP contribution in [-0.4, -0.2) is 18.3 Å². The van der Waals surface area contributed by atoms with E-state index in [1.54, 1.807) is 0 Å². The van der Waals surface area contributed by atoms with E-state index in [9.17, 15) is 0 Å². The van der Waals surface area contributed by atoms with Gasteiger partial charge in [-0.3, -0.25) is 0 Å². The summed E-state index contributed by atoms with van der Waals surface area (Å²) in [5.74, 6) is 5.92. The molecule has 1 rings (SSSR count). The number of nitrogens with one attached hydrogen (secondary N) is 2. The maximum atomic E-state index is 5.41. The fourth-order valence-corrected chi connectivity index (χ4v) is 1.00. The second-order valence-corrected chi connectivity index (χ2v) is 2.97. The van der Waals surface area contributed by atoms with E-state index in [2.05, 4.69) is 10.7 Å². The maximum absolute atomic E-state index is 5.41. The van der Waals surface area contributed by atoms with Gasteiger partial charge in [0.2, 0.25) is 0 Å². The van der Waals surface area contributed by atoms with Gasteiger partial charge in [-0.1, -0.05) is 18.2 Å². The number of para-hydroxylation sites is 1. The van der Waals surface area contributed by atoms with Crippen molar-refractivity contribution in [2.24, 2.45) is 5.84 Å². The first-order valence-electron chi connectivity index (χ1n) is 4.25. The van der Waals surface area contributed by atoms with Crippen molar-refractivity contribution in [3.05, 3.63) is 30.3 Å². The number of nitrogens with two attached hydrogens (primary N) is 1. The van der Waals surface area contributed by atoms with E-state index in [1.807, 2.05) is 30.3 Å². The third-order valence-electron chi connectivity index (χ3n) is 1.53. The highest BCUT2D eigenvalue weighted by Crippen LogP contribution is 2.07. The van der Waals surface area contributed by atoms with E-state index < -0.39 is 0 Å².